The molecule has 0 heterocycles. The summed E-state index contributed by atoms with van der Waals surface area (Å²) in [5.41, 5.74) is 6.33. The van der Waals surface area contributed by atoms with Crippen LogP contribution < -0.4 is 5.73 Å². The van der Waals surface area contributed by atoms with Crippen molar-refractivity contribution in [2.24, 2.45) is 11.7 Å². The highest BCUT2D eigenvalue weighted by atomic mass is 16.2. The van der Waals surface area contributed by atoms with E-state index in [-0.39, 0.29) is 18.2 Å². The quantitative estimate of drug-likeness (QED) is 0.800. The number of nitrogens with zero attached hydrogens (tertiary/aromatic N) is 1. The Morgan fingerprint density at radius 1 is 1.04 bits per heavy atom. The number of hydrogen-bond acceptors (Lipinski definition) is 2. The van der Waals surface area contributed by atoms with E-state index in [1.54, 1.807) is 4.90 Å². The molecule has 4 heteroatoms. The first-order chi connectivity index (χ1) is 11.1. The maximum absolute atomic E-state index is 12.6. The standard InChI is InChI=1S/C19H28N2O2/c20-18(22)13-14-21(15-17-9-5-2-6-10-17)19(23)12-11-16-7-3-1-4-8-16/h2,5-6,9-10,16H,1,3-4,7-8,11-15H2,(H2,20,22). The number of carbonyl (C=O) groups is 2. The fourth-order valence-corrected chi connectivity index (χ4v) is 3.30. The molecule has 1 aromatic carbocycles. The van der Waals surface area contributed by atoms with Crippen LogP contribution in [0.25, 0.3) is 0 Å². The lowest BCUT2D eigenvalue weighted by Crippen LogP contribution is -2.33. The fourth-order valence-electron chi connectivity index (χ4n) is 3.30. The van der Waals surface area contributed by atoms with E-state index in [9.17, 15) is 9.59 Å². The Kier molecular flexibility index (Phi) is 7.11. The number of benzene rings is 1. The lowest BCUT2D eigenvalue weighted by molar-refractivity contribution is -0.132. The number of nitrogens with two attached hydrogens (primary N) is 1. The third-order valence-electron chi connectivity index (χ3n) is 4.69. The van der Waals surface area contributed by atoms with Gasteiger partial charge in [-0.15, -0.1) is 0 Å². The number of amides is 2. The molecule has 0 radical (unpaired) electrons. The van der Waals surface area contributed by atoms with Crippen molar-refractivity contribution in [1.82, 2.24) is 4.90 Å². The van der Waals surface area contributed by atoms with Gasteiger partial charge in [0.2, 0.25) is 11.8 Å². The molecule has 0 aromatic heterocycles. The summed E-state index contributed by atoms with van der Waals surface area (Å²) in [6.45, 7) is 0.964. The summed E-state index contributed by atoms with van der Waals surface area (Å²) in [5.74, 6) is 0.478. The highest BCUT2D eigenvalue weighted by molar-refractivity contribution is 5.78. The summed E-state index contributed by atoms with van der Waals surface area (Å²) in [6.07, 6.45) is 8.23. The molecule has 1 aliphatic rings. The van der Waals surface area contributed by atoms with Crippen LogP contribution >= 0.6 is 0 Å². The SMILES string of the molecule is NC(=O)CCN(Cc1ccccc1)C(=O)CCC1CCCCC1. The Labute approximate surface area is 139 Å². The monoisotopic (exact) mass is 316 g/mol. The number of primary amides is 1. The maximum Gasteiger partial charge on any atom is 0.222 e. The van der Waals surface area contributed by atoms with Crippen LogP contribution in [0.5, 0.6) is 0 Å². The van der Waals surface area contributed by atoms with Crippen molar-refractivity contribution in [1.29, 1.82) is 0 Å². The molecule has 0 aliphatic heterocycles. The van der Waals surface area contributed by atoms with Crippen molar-refractivity contribution in [3.8, 4) is 0 Å². The van der Waals surface area contributed by atoms with Gasteiger partial charge in [-0.2, -0.15) is 0 Å². The van der Waals surface area contributed by atoms with Gasteiger partial charge in [0.05, 0.1) is 0 Å². The third kappa shape index (κ3) is 6.43. The summed E-state index contributed by atoms with van der Waals surface area (Å²) in [4.78, 5) is 25.4. The molecule has 0 unspecified atom stereocenters. The summed E-state index contributed by atoms with van der Waals surface area (Å²) in [5, 5.41) is 0. The van der Waals surface area contributed by atoms with Gasteiger partial charge in [-0.05, 0) is 17.9 Å². The van der Waals surface area contributed by atoms with E-state index in [2.05, 4.69) is 0 Å². The Bertz CT molecular complexity index is 495. The van der Waals surface area contributed by atoms with Gasteiger partial charge in [-0.3, -0.25) is 9.59 Å². The van der Waals surface area contributed by atoms with Gasteiger partial charge in [0.15, 0.2) is 0 Å². The van der Waals surface area contributed by atoms with Crippen molar-refractivity contribution in [3.05, 3.63) is 35.9 Å². The minimum absolute atomic E-state index is 0.140. The predicted molar refractivity (Wildman–Crippen MR) is 91.5 cm³/mol. The number of carbonyl (C=O) groups excluding carboxylic acids is 2. The van der Waals surface area contributed by atoms with E-state index in [0.29, 0.717) is 25.4 Å². The van der Waals surface area contributed by atoms with Crippen LogP contribution in [0, 0.1) is 5.92 Å². The van der Waals surface area contributed by atoms with Gasteiger partial charge in [-0.1, -0.05) is 62.4 Å². The Balaban J connectivity index is 1.88. The van der Waals surface area contributed by atoms with Gasteiger partial charge in [-0.25, -0.2) is 0 Å². The van der Waals surface area contributed by atoms with Crippen LogP contribution in [0.2, 0.25) is 0 Å². The lowest BCUT2D eigenvalue weighted by Gasteiger charge is -2.25. The molecule has 1 fully saturated rings. The second-order valence-corrected chi connectivity index (χ2v) is 6.56. The summed E-state index contributed by atoms with van der Waals surface area (Å²) < 4.78 is 0. The molecule has 2 rings (SSSR count). The summed E-state index contributed by atoms with van der Waals surface area (Å²) >= 11 is 0. The normalized spacial score (nSPS) is 15.3. The van der Waals surface area contributed by atoms with Gasteiger partial charge < -0.3 is 10.6 Å². The van der Waals surface area contributed by atoms with Crippen molar-refractivity contribution >= 4 is 11.8 Å². The topological polar surface area (TPSA) is 63.4 Å². The average molecular weight is 316 g/mol. The Hall–Kier alpha value is -1.84. The Morgan fingerprint density at radius 3 is 2.39 bits per heavy atom. The molecule has 23 heavy (non-hydrogen) atoms. The molecule has 1 saturated carbocycles. The van der Waals surface area contributed by atoms with Crippen molar-refractivity contribution in [3.63, 3.8) is 0 Å². The molecule has 0 spiro atoms. The van der Waals surface area contributed by atoms with Crippen LogP contribution in [-0.2, 0) is 16.1 Å². The van der Waals surface area contributed by atoms with Gasteiger partial charge in [0.1, 0.15) is 0 Å². The smallest absolute Gasteiger partial charge is 0.222 e. The molecule has 1 aliphatic carbocycles. The summed E-state index contributed by atoms with van der Waals surface area (Å²) in [6, 6.07) is 9.90. The van der Waals surface area contributed by atoms with Crippen LogP contribution in [0.1, 0.15) is 56.9 Å². The molecular formula is C19H28N2O2. The van der Waals surface area contributed by atoms with E-state index in [4.69, 9.17) is 5.73 Å². The second kappa shape index (κ2) is 9.33. The van der Waals surface area contributed by atoms with Crippen molar-refractivity contribution < 1.29 is 9.59 Å². The van der Waals surface area contributed by atoms with Gasteiger partial charge in [0, 0.05) is 25.9 Å². The largest absolute Gasteiger partial charge is 0.370 e. The highest BCUT2D eigenvalue weighted by Gasteiger charge is 2.19. The van der Waals surface area contributed by atoms with Crippen LogP contribution in [0.15, 0.2) is 30.3 Å². The molecule has 0 saturated heterocycles. The fraction of sp³-hybridized carbons (Fsp3) is 0.579. The van der Waals surface area contributed by atoms with E-state index in [1.807, 2.05) is 30.3 Å². The third-order valence-corrected chi connectivity index (χ3v) is 4.69. The first-order valence-electron chi connectivity index (χ1n) is 8.75. The number of hydrogen-bond donors (Lipinski definition) is 1. The van der Waals surface area contributed by atoms with Crippen molar-refractivity contribution in [2.75, 3.05) is 6.54 Å². The lowest BCUT2D eigenvalue weighted by atomic mass is 9.86. The Morgan fingerprint density at radius 2 is 1.74 bits per heavy atom. The molecule has 2 N–H and O–H groups in total. The number of rotatable bonds is 8. The maximum atomic E-state index is 12.6. The zero-order valence-corrected chi connectivity index (χ0v) is 13.9. The zero-order chi connectivity index (χ0) is 16.5. The molecule has 126 valence electrons. The minimum atomic E-state index is -0.358. The highest BCUT2D eigenvalue weighted by Crippen LogP contribution is 2.27. The molecule has 0 bridgehead atoms. The van der Waals surface area contributed by atoms with E-state index >= 15 is 0 Å². The van der Waals surface area contributed by atoms with E-state index < -0.39 is 0 Å². The predicted octanol–water partition coefficient (Wildman–Crippen LogP) is 3.25. The van der Waals surface area contributed by atoms with Crippen LogP contribution in [-0.4, -0.2) is 23.3 Å². The van der Waals surface area contributed by atoms with Crippen LogP contribution in [0.3, 0.4) is 0 Å². The van der Waals surface area contributed by atoms with E-state index in [0.717, 1.165) is 12.0 Å². The second-order valence-electron chi connectivity index (χ2n) is 6.56. The summed E-state index contributed by atoms with van der Waals surface area (Å²) in [7, 11) is 0. The average Bonchev–Trinajstić information content (AvgIpc) is 2.58. The van der Waals surface area contributed by atoms with Crippen LogP contribution in [0.4, 0.5) is 0 Å². The minimum Gasteiger partial charge on any atom is -0.370 e. The van der Waals surface area contributed by atoms with Gasteiger partial charge in [0.25, 0.3) is 0 Å². The van der Waals surface area contributed by atoms with Gasteiger partial charge >= 0.3 is 0 Å². The zero-order valence-electron chi connectivity index (χ0n) is 13.9. The van der Waals surface area contributed by atoms with Crippen molar-refractivity contribution in [2.45, 2.75) is 57.9 Å². The molecule has 1 aromatic rings. The molecular weight excluding hydrogens is 288 g/mol. The van der Waals surface area contributed by atoms with E-state index in [1.165, 1.54) is 32.1 Å². The molecule has 2 amide bonds. The molecule has 0 atom stereocenters. The first kappa shape index (κ1) is 17.5. The molecule has 4 nitrogen and oxygen atoms in total. The first-order valence-corrected chi connectivity index (χ1v) is 8.75.